The monoisotopic (exact) mass is 407 g/mol. The van der Waals surface area contributed by atoms with Crippen LogP contribution in [0, 0.1) is 0 Å². The van der Waals surface area contributed by atoms with E-state index in [9.17, 15) is 8.42 Å². The number of rotatable bonds is 3. The summed E-state index contributed by atoms with van der Waals surface area (Å²) in [6.07, 6.45) is 1.79. The number of benzene rings is 2. The number of hydrogen-bond acceptors (Lipinski definition) is 3. The third kappa shape index (κ3) is 2.76. The molecule has 2 heterocycles. The second kappa shape index (κ2) is 6.17. The van der Waals surface area contributed by atoms with Gasteiger partial charge in [-0.05, 0) is 57.6 Å². The van der Waals surface area contributed by atoms with Gasteiger partial charge in [0.05, 0.1) is 11.5 Å². The van der Waals surface area contributed by atoms with E-state index in [1.165, 1.54) is 11.1 Å². The van der Waals surface area contributed by atoms with Crippen molar-refractivity contribution in [2.75, 3.05) is 19.7 Å². The fourth-order valence-corrected chi connectivity index (χ4v) is 5.94. The summed E-state index contributed by atoms with van der Waals surface area (Å²) in [6.45, 7) is 1.83. The Labute approximate surface area is 150 Å². The third-order valence-electron chi connectivity index (χ3n) is 4.79. The van der Waals surface area contributed by atoms with E-state index in [-0.39, 0.29) is 5.92 Å². The Morgan fingerprint density at radius 3 is 2.83 bits per heavy atom. The largest absolute Gasteiger partial charge is 0.493 e. The standard InChI is InChI=1S/C18H18BrNO3S/c19-16-3-1-2-4-18(16)24(21,22)20-9-7-15(12-20)13-5-6-17-14(11-13)8-10-23-17/h1-6,11,15H,7-10,12H2. The summed E-state index contributed by atoms with van der Waals surface area (Å²) in [5, 5.41) is 0. The molecule has 0 saturated carbocycles. The molecule has 2 aliphatic heterocycles. The molecule has 1 atom stereocenters. The van der Waals surface area contributed by atoms with Gasteiger partial charge in [0.25, 0.3) is 0 Å². The van der Waals surface area contributed by atoms with Gasteiger partial charge in [-0.25, -0.2) is 8.42 Å². The summed E-state index contributed by atoms with van der Waals surface area (Å²) in [4.78, 5) is 0.341. The average molecular weight is 408 g/mol. The van der Waals surface area contributed by atoms with Crippen molar-refractivity contribution in [2.45, 2.75) is 23.7 Å². The van der Waals surface area contributed by atoms with Crippen molar-refractivity contribution in [2.24, 2.45) is 0 Å². The Hall–Kier alpha value is -1.37. The Kier molecular flexibility index (Phi) is 4.14. The maximum Gasteiger partial charge on any atom is 0.244 e. The maximum absolute atomic E-state index is 12.9. The van der Waals surface area contributed by atoms with Crippen LogP contribution >= 0.6 is 15.9 Å². The van der Waals surface area contributed by atoms with Crippen LogP contribution in [0.2, 0.25) is 0 Å². The summed E-state index contributed by atoms with van der Waals surface area (Å²) < 4.78 is 33.6. The van der Waals surface area contributed by atoms with Gasteiger partial charge in [-0.3, -0.25) is 0 Å². The minimum atomic E-state index is -3.46. The Morgan fingerprint density at radius 2 is 2.00 bits per heavy atom. The van der Waals surface area contributed by atoms with Crippen LogP contribution in [-0.2, 0) is 16.4 Å². The van der Waals surface area contributed by atoms with Gasteiger partial charge < -0.3 is 4.74 Å². The lowest BCUT2D eigenvalue weighted by Gasteiger charge is -2.18. The molecule has 2 aromatic rings. The SMILES string of the molecule is O=S(=O)(c1ccccc1Br)N1CCC(c2ccc3c(c2)CCO3)C1. The Bertz CT molecular complexity index is 882. The first-order valence-electron chi connectivity index (χ1n) is 8.06. The highest BCUT2D eigenvalue weighted by Gasteiger charge is 2.34. The molecular weight excluding hydrogens is 390 g/mol. The van der Waals surface area contributed by atoms with Crippen LogP contribution < -0.4 is 4.74 Å². The van der Waals surface area contributed by atoms with Gasteiger partial charge in [0.15, 0.2) is 0 Å². The molecular formula is C18H18BrNO3S. The van der Waals surface area contributed by atoms with Gasteiger partial charge in [-0.1, -0.05) is 24.3 Å². The van der Waals surface area contributed by atoms with Gasteiger partial charge in [-0.15, -0.1) is 0 Å². The van der Waals surface area contributed by atoms with E-state index in [1.807, 2.05) is 12.1 Å². The first kappa shape index (κ1) is 16.1. The van der Waals surface area contributed by atoms with Crippen LogP contribution in [0.25, 0.3) is 0 Å². The van der Waals surface area contributed by atoms with Gasteiger partial charge in [-0.2, -0.15) is 4.31 Å². The van der Waals surface area contributed by atoms with Crippen molar-refractivity contribution in [1.29, 1.82) is 0 Å². The van der Waals surface area contributed by atoms with Crippen molar-refractivity contribution in [3.8, 4) is 5.75 Å². The van der Waals surface area contributed by atoms with E-state index in [0.29, 0.717) is 22.5 Å². The number of nitrogens with zero attached hydrogens (tertiary/aromatic N) is 1. The number of halogens is 1. The van der Waals surface area contributed by atoms with Crippen molar-refractivity contribution in [3.05, 3.63) is 58.1 Å². The first-order valence-corrected chi connectivity index (χ1v) is 10.3. The van der Waals surface area contributed by atoms with Crippen molar-refractivity contribution in [1.82, 2.24) is 4.31 Å². The normalized spacial score (nSPS) is 20.8. The molecule has 0 aliphatic carbocycles. The predicted molar refractivity (Wildman–Crippen MR) is 95.9 cm³/mol. The van der Waals surface area contributed by atoms with Crippen molar-refractivity contribution in [3.63, 3.8) is 0 Å². The minimum absolute atomic E-state index is 0.244. The van der Waals surface area contributed by atoms with Gasteiger partial charge >= 0.3 is 0 Å². The van der Waals surface area contributed by atoms with E-state index in [2.05, 4.69) is 28.1 Å². The summed E-state index contributed by atoms with van der Waals surface area (Å²) in [6, 6.07) is 13.3. The minimum Gasteiger partial charge on any atom is -0.493 e. The lowest BCUT2D eigenvalue weighted by molar-refractivity contribution is 0.357. The molecule has 6 heteroatoms. The third-order valence-corrected chi connectivity index (χ3v) is 7.67. The molecule has 1 fully saturated rings. The molecule has 0 amide bonds. The Balaban J connectivity index is 1.57. The lowest BCUT2D eigenvalue weighted by atomic mass is 9.96. The summed E-state index contributed by atoms with van der Waals surface area (Å²) >= 11 is 3.35. The zero-order valence-electron chi connectivity index (χ0n) is 13.1. The lowest BCUT2D eigenvalue weighted by Crippen LogP contribution is -2.29. The highest BCUT2D eigenvalue weighted by atomic mass is 79.9. The zero-order valence-corrected chi connectivity index (χ0v) is 15.5. The van der Waals surface area contributed by atoms with Gasteiger partial charge in [0.1, 0.15) is 5.75 Å². The fraction of sp³-hybridized carbons (Fsp3) is 0.333. The number of sulfonamides is 1. The van der Waals surface area contributed by atoms with E-state index in [0.717, 1.165) is 25.2 Å². The molecule has 2 aliphatic rings. The molecule has 1 unspecified atom stereocenters. The maximum atomic E-state index is 12.9. The van der Waals surface area contributed by atoms with E-state index < -0.39 is 10.0 Å². The zero-order chi connectivity index (χ0) is 16.7. The van der Waals surface area contributed by atoms with Crippen LogP contribution in [0.15, 0.2) is 51.8 Å². The average Bonchev–Trinajstić information content (AvgIpc) is 3.24. The molecule has 126 valence electrons. The van der Waals surface area contributed by atoms with Gasteiger partial charge in [0, 0.05) is 24.0 Å². The summed E-state index contributed by atoms with van der Waals surface area (Å²) in [7, 11) is -3.46. The van der Waals surface area contributed by atoms with Crippen molar-refractivity contribution >= 4 is 26.0 Å². The van der Waals surface area contributed by atoms with Crippen molar-refractivity contribution < 1.29 is 13.2 Å². The molecule has 0 spiro atoms. The van der Waals surface area contributed by atoms with Crippen LogP contribution in [0.3, 0.4) is 0 Å². The highest BCUT2D eigenvalue weighted by Crippen LogP contribution is 2.35. The summed E-state index contributed by atoms with van der Waals surface area (Å²) in [5.74, 6) is 1.21. The van der Waals surface area contributed by atoms with Gasteiger partial charge in [0.2, 0.25) is 10.0 Å². The number of fused-ring (bicyclic) bond motifs is 1. The van der Waals surface area contributed by atoms with Crippen LogP contribution in [0.4, 0.5) is 0 Å². The topological polar surface area (TPSA) is 46.6 Å². The first-order chi connectivity index (χ1) is 11.6. The molecule has 4 nitrogen and oxygen atoms in total. The fourth-order valence-electron chi connectivity index (χ4n) is 3.47. The molecule has 0 aromatic heterocycles. The number of ether oxygens (including phenoxy) is 1. The molecule has 0 N–H and O–H groups in total. The number of hydrogen-bond donors (Lipinski definition) is 0. The van der Waals surface area contributed by atoms with E-state index in [1.54, 1.807) is 22.5 Å². The van der Waals surface area contributed by atoms with Crippen LogP contribution in [0.5, 0.6) is 5.75 Å². The quantitative estimate of drug-likeness (QED) is 0.781. The molecule has 4 rings (SSSR count). The molecule has 24 heavy (non-hydrogen) atoms. The molecule has 0 bridgehead atoms. The summed E-state index contributed by atoms with van der Waals surface area (Å²) in [5.41, 5.74) is 2.45. The van der Waals surface area contributed by atoms with E-state index in [4.69, 9.17) is 4.74 Å². The highest BCUT2D eigenvalue weighted by molar-refractivity contribution is 9.10. The molecule has 1 saturated heterocycles. The van der Waals surface area contributed by atoms with Crippen LogP contribution in [0.1, 0.15) is 23.5 Å². The van der Waals surface area contributed by atoms with E-state index >= 15 is 0 Å². The van der Waals surface area contributed by atoms with Crippen LogP contribution in [-0.4, -0.2) is 32.4 Å². The second-order valence-corrected chi connectivity index (χ2v) is 9.01. The Morgan fingerprint density at radius 1 is 1.17 bits per heavy atom. The molecule has 2 aromatic carbocycles. The predicted octanol–water partition coefficient (Wildman–Crippen LogP) is 3.56. The molecule has 0 radical (unpaired) electrons. The smallest absolute Gasteiger partial charge is 0.244 e. The second-order valence-electron chi connectivity index (χ2n) is 6.24.